The predicted octanol–water partition coefficient (Wildman–Crippen LogP) is 0.271. The average molecular weight is 408 g/mol. The molecule has 0 aromatic rings. The van der Waals surface area contributed by atoms with Crippen molar-refractivity contribution in [2.75, 3.05) is 6.61 Å². The van der Waals surface area contributed by atoms with E-state index in [4.69, 9.17) is 4.74 Å². The second-order valence-corrected chi connectivity index (χ2v) is 10.5. The van der Waals surface area contributed by atoms with Crippen molar-refractivity contribution in [2.45, 2.75) is 81.4 Å². The molecular weight excluding hydrogens is 376 g/mol. The van der Waals surface area contributed by atoms with Crippen molar-refractivity contribution in [2.24, 2.45) is 29.1 Å². The number of aliphatic hydroxyl groups excluding tert-OH is 3. The second kappa shape index (κ2) is 6.26. The van der Waals surface area contributed by atoms with Crippen LogP contribution in [-0.2, 0) is 9.53 Å². The SMILES string of the molecule is C[C@]12CC[C@H]3[C@@H](CC[C@H]4C[C@@H](O)[C@H](O)C[C@@]43O)[C@@]1(O)[C@H](O)C[C@@H]2C1=CC(=O)OC1. The molecule has 0 radical (unpaired) electrons. The maximum absolute atomic E-state index is 12.0. The number of hydrogen-bond acceptors (Lipinski definition) is 7. The highest BCUT2D eigenvalue weighted by atomic mass is 16.5. The molecule has 0 saturated heterocycles. The first kappa shape index (κ1) is 19.9. The van der Waals surface area contributed by atoms with Crippen LogP contribution in [0.2, 0.25) is 0 Å². The molecule has 7 heteroatoms. The maximum atomic E-state index is 12.0. The lowest BCUT2D eigenvalue weighted by molar-refractivity contribution is -0.264. The Kier molecular flexibility index (Phi) is 4.31. The molecule has 0 unspecified atom stereocenters. The van der Waals surface area contributed by atoms with Gasteiger partial charge in [0.15, 0.2) is 0 Å². The molecule has 0 spiro atoms. The number of carbonyl (C=O) groups is 1. The van der Waals surface area contributed by atoms with Crippen molar-refractivity contribution in [1.82, 2.24) is 0 Å². The molecule has 0 aromatic heterocycles. The molecule has 162 valence electrons. The van der Waals surface area contributed by atoms with Gasteiger partial charge in [0.2, 0.25) is 0 Å². The molecule has 5 rings (SSSR count). The summed E-state index contributed by atoms with van der Waals surface area (Å²) in [5.41, 5.74) is -2.27. The Bertz CT molecular complexity index is 751. The Labute approximate surface area is 170 Å². The number of fused-ring (bicyclic) bond motifs is 5. The van der Waals surface area contributed by atoms with Gasteiger partial charge in [-0.2, -0.15) is 0 Å². The number of cyclic esters (lactones) is 1. The molecule has 29 heavy (non-hydrogen) atoms. The molecule has 4 saturated carbocycles. The van der Waals surface area contributed by atoms with E-state index in [9.17, 15) is 30.3 Å². The van der Waals surface area contributed by atoms with Crippen molar-refractivity contribution < 1.29 is 35.1 Å². The fourth-order valence-corrected chi connectivity index (χ4v) is 7.99. The zero-order valence-electron chi connectivity index (χ0n) is 16.8. The summed E-state index contributed by atoms with van der Waals surface area (Å²) in [6.45, 7) is 2.22. The largest absolute Gasteiger partial charge is 0.458 e. The van der Waals surface area contributed by atoms with E-state index in [0.717, 1.165) is 5.57 Å². The van der Waals surface area contributed by atoms with E-state index in [-0.39, 0.29) is 42.7 Å². The Morgan fingerprint density at radius 1 is 1.03 bits per heavy atom. The van der Waals surface area contributed by atoms with Crippen LogP contribution in [0, 0.1) is 29.1 Å². The Morgan fingerprint density at radius 2 is 1.79 bits per heavy atom. The molecule has 1 aliphatic heterocycles. The first-order valence-corrected chi connectivity index (χ1v) is 11.0. The van der Waals surface area contributed by atoms with Crippen LogP contribution in [0.25, 0.3) is 0 Å². The van der Waals surface area contributed by atoms with Crippen LogP contribution in [0.5, 0.6) is 0 Å². The summed E-state index contributed by atoms with van der Waals surface area (Å²) < 4.78 is 5.10. The molecule has 0 amide bonds. The van der Waals surface area contributed by atoms with Crippen LogP contribution < -0.4 is 0 Å². The third-order valence-corrected chi connectivity index (χ3v) is 9.49. The van der Waals surface area contributed by atoms with Gasteiger partial charge < -0.3 is 30.3 Å². The molecule has 0 bridgehead atoms. The van der Waals surface area contributed by atoms with Gasteiger partial charge >= 0.3 is 5.97 Å². The first-order chi connectivity index (χ1) is 13.6. The molecule has 5 aliphatic rings. The van der Waals surface area contributed by atoms with Gasteiger partial charge in [-0.05, 0) is 67.8 Å². The number of hydrogen-bond donors (Lipinski definition) is 5. The Balaban J connectivity index is 1.51. The summed E-state index contributed by atoms with van der Waals surface area (Å²) in [5.74, 6) is -1.13. The van der Waals surface area contributed by atoms with Crippen LogP contribution in [0.4, 0.5) is 0 Å². The van der Waals surface area contributed by atoms with Gasteiger partial charge in [-0.25, -0.2) is 4.79 Å². The molecule has 4 aliphatic carbocycles. The topological polar surface area (TPSA) is 127 Å². The minimum atomic E-state index is -1.37. The minimum absolute atomic E-state index is 0.104. The lowest BCUT2D eigenvalue weighted by Crippen LogP contribution is -2.69. The summed E-state index contributed by atoms with van der Waals surface area (Å²) in [4.78, 5) is 11.6. The maximum Gasteiger partial charge on any atom is 0.331 e. The van der Waals surface area contributed by atoms with Gasteiger partial charge in [-0.3, -0.25) is 0 Å². The summed E-state index contributed by atoms with van der Waals surface area (Å²) in [6.07, 6.45) is 2.26. The lowest BCUT2D eigenvalue weighted by atomic mass is 9.45. The van der Waals surface area contributed by atoms with Gasteiger partial charge in [0.1, 0.15) is 6.61 Å². The number of esters is 1. The standard InChI is InChI=1S/C22H32O7/c1-20-5-4-13-14(3-2-12-7-16(23)17(24)9-21(12,13)27)22(20,28)18(25)8-15(20)11-6-19(26)29-10-11/h6,12-18,23-25,27-28H,2-5,7-10H2,1H3/t12-,13-,14+,15+,16+,17+,18+,20+,21+,22+/m0/s1. The molecule has 5 N–H and O–H groups in total. The summed E-state index contributed by atoms with van der Waals surface area (Å²) in [5, 5.41) is 55.1. The van der Waals surface area contributed by atoms with Gasteiger partial charge in [0, 0.05) is 17.9 Å². The minimum Gasteiger partial charge on any atom is -0.458 e. The van der Waals surface area contributed by atoms with Crippen LogP contribution in [-0.4, -0.2) is 67.6 Å². The van der Waals surface area contributed by atoms with Crippen LogP contribution in [0.1, 0.15) is 51.9 Å². The van der Waals surface area contributed by atoms with Crippen molar-refractivity contribution in [1.29, 1.82) is 0 Å². The zero-order chi connectivity index (χ0) is 20.8. The summed E-state index contributed by atoms with van der Waals surface area (Å²) in [7, 11) is 0. The summed E-state index contributed by atoms with van der Waals surface area (Å²) >= 11 is 0. The van der Waals surface area contributed by atoms with E-state index in [1.54, 1.807) is 0 Å². The molecule has 7 nitrogen and oxygen atoms in total. The fraction of sp³-hybridized carbons (Fsp3) is 0.864. The third kappa shape index (κ3) is 2.45. The number of aliphatic hydroxyl groups is 5. The number of ether oxygens (including phenoxy) is 1. The predicted molar refractivity (Wildman–Crippen MR) is 101 cm³/mol. The van der Waals surface area contributed by atoms with E-state index in [1.807, 2.05) is 6.92 Å². The van der Waals surface area contributed by atoms with Gasteiger partial charge in [-0.15, -0.1) is 0 Å². The second-order valence-electron chi connectivity index (χ2n) is 10.5. The molecular formula is C22H32O7. The molecule has 10 atom stereocenters. The smallest absolute Gasteiger partial charge is 0.331 e. The highest BCUT2D eigenvalue weighted by Crippen LogP contribution is 2.68. The van der Waals surface area contributed by atoms with E-state index >= 15 is 0 Å². The molecule has 4 fully saturated rings. The van der Waals surface area contributed by atoms with E-state index < -0.39 is 34.9 Å². The highest BCUT2D eigenvalue weighted by Gasteiger charge is 2.72. The lowest BCUT2D eigenvalue weighted by Gasteiger charge is -2.63. The monoisotopic (exact) mass is 408 g/mol. The average Bonchev–Trinajstić information content (AvgIpc) is 3.17. The van der Waals surface area contributed by atoms with Crippen LogP contribution in [0.15, 0.2) is 11.6 Å². The Morgan fingerprint density at radius 3 is 2.48 bits per heavy atom. The highest BCUT2D eigenvalue weighted by molar-refractivity contribution is 5.85. The van der Waals surface area contributed by atoms with Gasteiger partial charge in [-0.1, -0.05) is 6.92 Å². The first-order valence-electron chi connectivity index (χ1n) is 11.0. The summed E-state index contributed by atoms with van der Waals surface area (Å²) in [6, 6.07) is 0. The van der Waals surface area contributed by atoms with Crippen molar-refractivity contribution in [3.05, 3.63) is 11.6 Å². The Hall–Kier alpha value is -0.990. The van der Waals surface area contributed by atoms with Crippen molar-refractivity contribution in [3.63, 3.8) is 0 Å². The van der Waals surface area contributed by atoms with E-state index in [1.165, 1.54) is 6.08 Å². The van der Waals surface area contributed by atoms with Gasteiger partial charge in [0.25, 0.3) is 0 Å². The number of rotatable bonds is 1. The van der Waals surface area contributed by atoms with Crippen molar-refractivity contribution in [3.8, 4) is 0 Å². The molecule has 1 heterocycles. The van der Waals surface area contributed by atoms with Gasteiger partial charge in [0.05, 0.1) is 29.5 Å². The normalized spacial score (nSPS) is 56.8. The van der Waals surface area contributed by atoms with Crippen LogP contribution in [0.3, 0.4) is 0 Å². The molecule has 0 aromatic carbocycles. The van der Waals surface area contributed by atoms with E-state index in [2.05, 4.69) is 0 Å². The number of carbonyl (C=O) groups excluding carboxylic acids is 1. The quantitative estimate of drug-likeness (QED) is 0.394. The van der Waals surface area contributed by atoms with E-state index in [0.29, 0.717) is 38.5 Å². The zero-order valence-corrected chi connectivity index (χ0v) is 16.8. The fourth-order valence-electron chi connectivity index (χ4n) is 7.99. The van der Waals surface area contributed by atoms with Crippen molar-refractivity contribution >= 4 is 5.97 Å². The van der Waals surface area contributed by atoms with Crippen LogP contribution >= 0.6 is 0 Å². The third-order valence-electron chi connectivity index (χ3n) is 9.49.